The van der Waals surface area contributed by atoms with Gasteiger partial charge in [0, 0.05) is 19.1 Å². The van der Waals surface area contributed by atoms with Gasteiger partial charge >= 0.3 is 0 Å². The summed E-state index contributed by atoms with van der Waals surface area (Å²) in [4.78, 5) is 11.8. The highest BCUT2D eigenvalue weighted by molar-refractivity contribution is 7.89. The molecule has 0 spiro atoms. The SMILES string of the molecule is O=S(=O)(NC1CC1)c1ccc(-c2ccc3ncc(N4CCOCC4)nc3c2)cc1. The fourth-order valence-corrected chi connectivity index (χ4v) is 4.75. The fraction of sp³-hybridized carbons (Fsp3) is 0.333. The minimum atomic E-state index is -3.44. The highest BCUT2D eigenvalue weighted by Crippen LogP contribution is 2.27. The maximum absolute atomic E-state index is 12.4. The normalized spacial score (nSPS) is 17.6. The zero-order valence-electron chi connectivity index (χ0n) is 15.9. The van der Waals surface area contributed by atoms with E-state index in [2.05, 4.69) is 14.6 Å². The summed E-state index contributed by atoms with van der Waals surface area (Å²) in [5.41, 5.74) is 3.57. The van der Waals surface area contributed by atoms with Crippen molar-refractivity contribution in [2.24, 2.45) is 0 Å². The number of anilines is 1. The van der Waals surface area contributed by atoms with Crippen LogP contribution in [0.15, 0.2) is 53.6 Å². The van der Waals surface area contributed by atoms with Crippen LogP contribution in [0.1, 0.15) is 12.8 Å². The number of sulfonamides is 1. The van der Waals surface area contributed by atoms with Crippen molar-refractivity contribution < 1.29 is 13.2 Å². The first-order chi connectivity index (χ1) is 14.1. The van der Waals surface area contributed by atoms with E-state index in [1.165, 1.54) is 0 Å². The zero-order chi connectivity index (χ0) is 19.8. The molecule has 2 fully saturated rings. The largest absolute Gasteiger partial charge is 0.378 e. The third-order valence-electron chi connectivity index (χ3n) is 5.26. The lowest BCUT2D eigenvalue weighted by Gasteiger charge is -2.27. The topological polar surface area (TPSA) is 84.4 Å². The van der Waals surface area contributed by atoms with Gasteiger partial charge in [0.1, 0.15) is 5.82 Å². The highest BCUT2D eigenvalue weighted by atomic mass is 32.2. The van der Waals surface area contributed by atoms with Crippen LogP contribution in [0.4, 0.5) is 5.82 Å². The Kier molecular flexibility index (Phi) is 4.69. The molecular formula is C21H22N4O3S. The number of rotatable bonds is 5. The molecule has 1 saturated heterocycles. The predicted octanol–water partition coefficient (Wildman–Crippen LogP) is 2.57. The van der Waals surface area contributed by atoms with Crippen molar-refractivity contribution in [2.75, 3.05) is 31.2 Å². The van der Waals surface area contributed by atoms with E-state index in [9.17, 15) is 8.42 Å². The van der Waals surface area contributed by atoms with Crippen molar-refractivity contribution >= 4 is 26.9 Å². The minimum absolute atomic E-state index is 0.0967. The number of morpholine rings is 1. The quantitative estimate of drug-likeness (QED) is 0.696. The summed E-state index contributed by atoms with van der Waals surface area (Å²) in [5, 5.41) is 0. The van der Waals surface area contributed by atoms with E-state index in [1.54, 1.807) is 18.3 Å². The Hall–Kier alpha value is -2.55. The van der Waals surface area contributed by atoms with E-state index >= 15 is 0 Å². The maximum atomic E-state index is 12.4. The maximum Gasteiger partial charge on any atom is 0.240 e. The van der Waals surface area contributed by atoms with E-state index < -0.39 is 10.0 Å². The molecule has 7 nitrogen and oxygen atoms in total. The minimum Gasteiger partial charge on any atom is -0.378 e. The molecular weight excluding hydrogens is 388 g/mol. The third kappa shape index (κ3) is 3.96. The Morgan fingerprint density at radius 2 is 1.69 bits per heavy atom. The van der Waals surface area contributed by atoms with Gasteiger partial charge in [-0.05, 0) is 48.2 Å². The van der Waals surface area contributed by atoms with Crippen LogP contribution in [-0.4, -0.2) is 50.7 Å². The van der Waals surface area contributed by atoms with Crippen LogP contribution in [0, 0.1) is 0 Å². The number of aromatic nitrogens is 2. The van der Waals surface area contributed by atoms with Crippen LogP contribution >= 0.6 is 0 Å². The molecule has 2 aliphatic rings. The molecule has 29 heavy (non-hydrogen) atoms. The summed E-state index contributed by atoms with van der Waals surface area (Å²) in [5.74, 6) is 0.852. The van der Waals surface area contributed by atoms with Gasteiger partial charge in [-0.15, -0.1) is 0 Å². The lowest BCUT2D eigenvalue weighted by Crippen LogP contribution is -2.36. The molecule has 0 bridgehead atoms. The van der Waals surface area contributed by atoms with Crippen molar-refractivity contribution in [1.29, 1.82) is 0 Å². The Labute approximate surface area is 169 Å². The van der Waals surface area contributed by atoms with Crippen molar-refractivity contribution in [2.45, 2.75) is 23.8 Å². The zero-order valence-corrected chi connectivity index (χ0v) is 16.7. The summed E-state index contributed by atoms with van der Waals surface area (Å²) in [7, 11) is -3.44. The van der Waals surface area contributed by atoms with Crippen LogP contribution in [0.5, 0.6) is 0 Å². The number of nitrogens with one attached hydrogen (secondary N) is 1. The molecule has 2 heterocycles. The Bertz CT molecular complexity index is 1140. The van der Waals surface area contributed by atoms with E-state index in [0.29, 0.717) is 18.1 Å². The van der Waals surface area contributed by atoms with Gasteiger partial charge in [0.15, 0.2) is 0 Å². The molecule has 0 atom stereocenters. The average Bonchev–Trinajstić information content (AvgIpc) is 3.57. The summed E-state index contributed by atoms with van der Waals surface area (Å²) in [6, 6.07) is 13.0. The second-order valence-corrected chi connectivity index (χ2v) is 9.17. The van der Waals surface area contributed by atoms with E-state index in [0.717, 1.165) is 53.9 Å². The number of hydrogen-bond acceptors (Lipinski definition) is 6. The van der Waals surface area contributed by atoms with Crippen molar-refractivity contribution in [3.8, 4) is 11.1 Å². The van der Waals surface area contributed by atoms with Gasteiger partial charge in [-0.2, -0.15) is 0 Å². The van der Waals surface area contributed by atoms with E-state index in [1.807, 2.05) is 30.3 Å². The summed E-state index contributed by atoms with van der Waals surface area (Å²) >= 11 is 0. The number of benzene rings is 2. The van der Waals surface area contributed by atoms with E-state index in [-0.39, 0.29) is 6.04 Å². The molecule has 150 valence electrons. The number of nitrogens with zero attached hydrogens (tertiary/aromatic N) is 3. The number of hydrogen-bond donors (Lipinski definition) is 1. The molecule has 0 radical (unpaired) electrons. The monoisotopic (exact) mass is 410 g/mol. The molecule has 1 aromatic heterocycles. The molecule has 1 aliphatic heterocycles. The summed E-state index contributed by atoms with van der Waals surface area (Å²) in [6.07, 6.45) is 3.64. The van der Waals surface area contributed by atoms with Gasteiger partial charge in [-0.25, -0.2) is 18.1 Å². The van der Waals surface area contributed by atoms with Crippen molar-refractivity contribution in [3.63, 3.8) is 0 Å². The van der Waals surface area contributed by atoms with Crippen molar-refractivity contribution in [3.05, 3.63) is 48.7 Å². The van der Waals surface area contributed by atoms with Crippen molar-refractivity contribution in [1.82, 2.24) is 14.7 Å². The predicted molar refractivity (Wildman–Crippen MR) is 111 cm³/mol. The molecule has 3 aromatic rings. The number of fused-ring (bicyclic) bond motifs is 1. The average molecular weight is 410 g/mol. The molecule has 1 saturated carbocycles. The van der Waals surface area contributed by atoms with Gasteiger partial charge in [-0.3, -0.25) is 4.98 Å². The summed E-state index contributed by atoms with van der Waals surface area (Å²) < 4.78 is 32.8. The standard InChI is InChI=1S/C21H22N4O3S/c26-29(27,24-17-4-5-17)18-6-1-15(2-7-18)16-3-8-19-20(13-16)23-21(14-22-19)25-9-11-28-12-10-25/h1-3,6-8,13-14,17,24H,4-5,9-12H2. The fourth-order valence-electron chi connectivity index (χ4n) is 3.44. The molecule has 0 unspecified atom stereocenters. The first-order valence-corrected chi connectivity index (χ1v) is 11.3. The molecule has 1 aliphatic carbocycles. The van der Waals surface area contributed by atoms with Crippen LogP contribution in [-0.2, 0) is 14.8 Å². The molecule has 1 N–H and O–H groups in total. The van der Waals surface area contributed by atoms with Crippen LogP contribution < -0.4 is 9.62 Å². The second kappa shape index (κ2) is 7.37. The van der Waals surface area contributed by atoms with Gasteiger partial charge < -0.3 is 9.64 Å². The van der Waals surface area contributed by atoms with Crippen LogP contribution in [0.3, 0.4) is 0 Å². The van der Waals surface area contributed by atoms with E-state index in [4.69, 9.17) is 9.72 Å². The van der Waals surface area contributed by atoms with Crippen LogP contribution in [0.2, 0.25) is 0 Å². The third-order valence-corrected chi connectivity index (χ3v) is 6.80. The summed E-state index contributed by atoms with van der Waals surface area (Å²) in [6.45, 7) is 3.02. The highest BCUT2D eigenvalue weighted by Gasteiger charge is 2.27. The van der Waals surface area contributed by atoms with Gasteiger partial charge in [0.2, 0.25) is 10.0 Å². The first-order valence-electron chi connectivity index (χ1n) is 9.81. The smallest absolute Gasteiger partial charge is 0.240 e. The van der Waals surface area contributed by atoms with Gasteiger partial charge in [-0.1, -0.05) is 18.2 Å². The molecule has 0 amide bonds. The lowest BCUT2D eigenvalue weighted by atomic mass is 10.1. The van der Waals surface area contributed by atoms with Crippen LogP contribution in [0.25, 0.3) is 22.2 Å². The van der Waals surface area contributed by atoms with Gasteiger partial charge in [0.25, 0.3) is 0 Å². The first kappa shape index (κ1) is 18.5. The Morgan fingerprint density at radius 3 is 2.41 bits per heavy atom. The molecule has 8 heteroatoms. The molecule has 5 rings (SSSR count). The lowest BCUT2D eigenvalue weighted by molar-refractivity contribution is 0.122. The second-order valence-electron chi connectivity index (χ2n) is 7.45. The van der Waals surface area contributed by atoms with Gasteiger partial charge in [0.05, 0.1) is 35.3 Å². The Morgan fingerprint density at radius 1 is 0.966 bits per heavy atom. The molecule has 2 aromatic carbocycles. The Balaban J connectivity index is 1.43. The number of ether oxygens (including phenoxy) is 1.